The first kappa shape index (κ1) is 15.0. The van der Waals surface area contributed by atoms with Gasteiger partial charge >= 0.3 is 6.03 Å². The molecule has 0 unspecified atom stereocenters. The van der Waals surface area contributed by atoms with E-state index in [-0.39, 0.29) is 6.03 Å². The van der Waals surface area contributed by atoms with Crippen LogP contribution in [0.2, 0.25) is 0 Å². The molecule has 1 aliphatic rings. The molecular weight excluding hydrogens is 268 g/mol. The second-order valence-electron chi connectivity index (χ2n) is 5.08. The van der Waals surface area contributed by atoms with Gasteiger partial charge in [0.2, 0.25) is 0 Å². The quantitative estimate of drug-likeness (QED) is 0.825. The van der Waals surface area contributed by atoms with Crippen LogP contribution < -0.4 is 5.32 Å². The molecule has 7 nitrogen and oxygen atoms in total. The number of hydrogen-bond acceptors (Lipinski definition) is 5. The molecule has 7 heteroatoms. The van der Waals surface area contributed by atoms with Crippen LogP contribution in [0.3, 0.4) is 0 Å². The lowest BCUT2D eigenvalue weighted by molar-refractivity contribution is 0.172. The van der Waals surface area contributed by atoms with Gasteiger partial charge in [-0.2, -0.15) is 5.26 Å². The van der Waals surface area contributed by atoms with Crippen LogP contribution in [0.25, 0.3) is 0 Å². The van der Waals surface area contributed by atoms with E-state index in [2.05, 4.69) is 15.3 Å². The summed E-state index contributed by atoms with van der Waals surface area (Å²) < 4.78 is 0. The first-order chi connectivity index (χ1) is 10.2. The molecule has 2 rings (SSSR count). The molecule has 2 heterocycles. The van der Waals surface area contributed by atoms with Gasteiger partial charge in [0.05, 0.1) is 6.20 Å². The highest BCUT2D eigenvalue weighted by molar-refractivity contribution is 5.74. The van der Waals surface area contributed by atoms with Crippen molar-refractivity contribution in [2.24, 2.45) is 0 Å². The van der Waals surface area contributed by atoms with Gasteiger partial charge in [0.25, 0.3) is 0 Å². The highest BCUT2D eigenvalue weighted by Crippen LogP contribution is 2.10. The van der Waals surface area contributed by atoms with Gasteiger partial charge in [0.1, 0.15) is 23.8 Å². The minimum absolute atomic E-state index is 0.104. The smallest absolute Gasteiger partial charge is 0.319 e. The van der Waals surface area contributed by atoms with Gasteiger partial charge in [-0.1, -0.05) is 0 Å². The molecule has 0 radical (unpaired) electrons. The highest BCUT2D eigenvalue weighted by atomic mass is 16.2. The summed E-state index contributed by atoms with van der Waals surface area (Å²) in [5, 5.41) is 12.1. The van der Waals surface area contributed by atoms with Crippen molar-refractivity contribution < 1.29 is 4.79 Å². The second kappa shape index (κ2) is 7.43. The van der Waals surface area contributed by atoms with Crippen LogP contribution in [0.5, 0.6) is 0 Å². The van der Waals surface area contributed by atoms with Gasteiger partial charge in [-0.3, -0.25) is 0 Å². The van der Waals surface area contributed by atoms with Crippen LogP contribution >= 0.6 is 0 Å². The van der Waals surface area contributed by atoms with Gasteiger partial charge < -0.3 is 15.1 Å². The molecule has 0 aromatic carbocycles. The highest BCUT2D eigenvalue weighted by Gasteiger charge is 2.20. The SMILES string of the molecule is CN1CCCCN(CCCNc2ncncc2C#N)C1=O. The average Bonchev–Trinajstić information content (AvgIpc) is 2.67. The Balaban J connectivity index is 1.79. The molecule has 0 atom stereocenters. The van der Waals surface area contributed by atoms with E-state index < -0.39 is 0 Å². The molecular formula is C14H20N6O. The molecule has 1 fully saturated rings. The molecule has 1 saturated heterocycles. The number of nitrogens with one attached hydrogen (secondary N) is 1. The summed E-state index contributed by atoms with van der Waals surface area (Å²) >= 11 is 0. The Morgan fingerprint density at radius 2 is 2.24 bits per heavy atom. The Morgan fingerprint density at radius 1 is 1.43 bits per heavy atom. The fourth-order valence-electron chi connectivity index (χ4n) is 2.32. The van der Waals surface area contributed by atoms with E-state index >= 15 is 0 Å². The van der Waals surface area contributed by atoms with Crippen molar-refractivity contribution >= 4 is 11.8 Å². The van der Waals surface area contributed by atoms with E-state index in [9.17, 15) is 4.79 Å². The summed E-state index contributed by atoms with van der Waals surface area (Å²) in [4.78, 5) is 23.6. The second-order valence-corrected chi connectivity index (χ2v) is 5.08. The van der Waals surface area contributed by atoms with Gasteiger partial charge in [0.15, 0.2) is 0 Å². The standard InChI is InChI=1S/C14H20N6O/c1-19-6-2-3-7-20(14(19)21)8-4-5-17-13-12(9-15)10-16-11-18-13/h10-11H,2-8H2,1H3,(H,16,17,18). The number of carbonyl (C=O) groups excluding carboxylic acids is 1. The van der Waals surface area contributed by atoms with Crippen molar-refractivity contribution in [3.8, 4) is 6.07 Å². The molecule has 2 amide bonds. The summed E-state index contributed by atoms with van der Waals surface area (Å²) in [5.74, 6) is 0.548. The predicted molar refractivity (Wildman–Crippen MR) is 78.7 cm³/mol. The summed E-state index contributed by atoms with van der Waals surface area (Å²) in [6.07, 6.45) is 5.82. The van der Waals surface area contributed by atoms with Crippen LogP contribution in [-0.4, -0.2) is 59.0 Å². The van der Waals surface area contributed by atoms with Gasteiger partial charge in [-0.05, 0) is 19.3 Å². The zero-order chi connectivity index (χ0) is 15.1. The van der Waals surface area contributed by atoms with E-state index in [0.717, 1.165) is 32.4 Å². The largest absolute Gasteiger partial charge is 0.369 e. The van der Waals surface area contributed by atoms with E-state index in [1.54, 1.807) is 4.90 Å². The summed E-state index contributed by atoms with van der Waals surface area (Å²) in [6.45, 7) is 3.03. The summed E-state index contributed by atoms with van der Waals surface area (Å²) in [6, 6.07) is 2.15. The lowest BCUT2D eigenvalue weighted by Crippen LogP contribution is -2.40. The van der Waals surface area contributed by atoms with Gasteiger partial charge in [-0.25, -0.2) is 14.8 Å². The van der Waals surface area contributed by atoms with Crippen LogP contribution in [0.1, 0.15) is 24.8 Å². The van der Waals surface area contributed by atoms with Crippen molar-refractivity contribution in [2.45, 2.75) is 19.3 Å². The minimum atomic E-state index is 0.104. The number of amides is 2. The van der Waals surface area contributed by atoms with Crippen molar-refractivity contribution in [1.29, 1.82) is 5.26 Å². The Morgan fingerprint density at radius 3 is 3.05 bits per heavy atom. The monoisotopic (exact) mass is 288 g/mol. The molecule has 0 spiro atoms. The average molecular weight is 288 g/mol. The fourth-order valence-corrected chi connectivity index (χ4v) is 2.32. The lowest BCUT2D eigenvalue weighted by Gasteiger charge is -2.24. The number of rotatable bonds is 5. The molecule has 0 saturated carbocycles. The van der Waals surface area contributed by atoms with Gasteiger partial charge in [0, 0.05) is 33.2 Å². The fraction of sp³-hybridized carbons (Fsp3) is 0.571. The number of nitrogens with zero attached hydrogens (tertiary/aromatic N) is 5. The van der Waals surface area contributed by atoms with Crippen LogP contribution in [0, 0.1) is 11.3 Å². The first-order valence-electron chi connectivity index (χ1n) is 7.16. The van der Waals surface area contributed by atoms with E-state index in [0.29, 0.717) is 24.5 Å². The van der Waals surface area contributed by atoms with Crippen LogP contribution in [-0.2, 0) is 0 Å². The Hall–Kier alpha value is -2.36. The number of anilines is 1. The molecule has 1 aromatic heterocycles. The van der Waals surface area contributed by atoms with Crippen molar-refractivity contribution in [1.82, 2.24) is 19.8 Å². The third kappa shape index (κ3) is 4.05. The topological polar surface area (TPSA) is 85.2 Å². The Kier molecular flexibility index (Phi) is 5.32. The van der Waals surface area contributed by atoms with Gasteiger partial charge in [-0.15, -0.1) is 0 Å². The maximum Gasteiger partial charge on any atom is 0.319 e. The number of urea groups is 1. The number of aromatic nitrogens is 2. The zero-order valence-electron chi connectivity index (χ0n) is 12.2. The van der Waals surface area contributed by atoms with Crippen molar-refractivity contribution in [3.05, 3.63) is 18.1 Å². The van der Waals surface area contributed by atoms with Crippen molar-refractivity contribution in [3.63, 3.8) is 0 Å². The minimum Gasteiger partial charge on any atom is -0.369 e. The summed E-state index contributed by atoms with van der Waals surface area (Å²) in [7, 11) is 1.85. The molecule has 21 heavy (non-hydrogen) atoms. The maximum absolute atomic E-state index is 12.1. The van der Waals surface area contributed by atoms with E-state index in [4.69, 9.17) is 5.26 Å². The third-order valence-electron chi connectivity index (χ3n) is 3.50. The van der Waals surface area contributed by atoms with E-state index in [1.807, 2.05) is 18.0 Å². The van der Waals surface area contributed by atoms with Crippen LogP contribution in [0.4, 0.5) is 10.6 Å². The lowest BCUT2D eigenvalue weighted by atomic mass is 10.3. The molecule has 0 bridgehead atoms. The maximum atomic E-state index is 12.1. The number of hydrogen-bond donors (Lipinski definition) is 1. The normalized spacial score (nSPS) is 15.5. The molecule has 1 aliphatic heterocycles. The molecule has 0 aliphatic carbocycles. The van der Waals surface area contributed by atoms with E-state index in [1.165, 1.54) is 12.5 Å². The Bertz CT molecular complexity index is 526. The molecule has 1 N–H and O–H groups in total. The number of carbonyl (C=O) groups is 1. The first-order valence-corrected chi connectivity index (χ1v) is 7.16. The zero-order valence-corrected chi connectivity index (χ0v) is 12.2. The Labute approximate surface area is 124 Å². The molecule has 1 aromatic rings. The molecule has 112 valence electrons. The number of nitriles is 1. The van der Waals surface area contributed by atoms with Crippen molar-refractivity contribution in [2.75, 3.05) is 38.5 Å². The van der Waals surface area contributed by atoms with Crippen LogP contribution in [0.15, 0.2) is 12.5 Å². The third-order valence-corrected chi connectivity index (χ3v) is 3.50. The summed E-state index contributed by atoms with van der Waals surface area (Å²) in [5.41, 5.74) is 0.433. The predicted octanol–water partition coefficient (Wildman–Crippen LogP) is 1.30.